The number of rotatable bonds is 4. The third-order valence-corrected chi connectivity index (χ3v) is 3.79. The second-order valence-corrected chi connectivity index (χ2v) is 5.79. The molecule has 1 aromatic rings. The zero-order valence-electron chi connectivity index (χ0n) is 11.1. The number of sulfone groups is 1. The van der Waals surface area contributed by atoms with Gasteiger partial charge in [-0.1, -0.05) is 29.8 Å². The molecule has 5 heteroatoms. The Bertz CT molecular complexity index is 452. The van der Waals surface area contributed by atoms with E-state index >= 15 is 0 Å². The van der Waals surface area contributed by atoms with E-state index in [9.17, 15) is 8.42 Å². The second kappa shape index (κ2) is 8.85. The van der Waals surface area contributed by atoms with E-state index in [0.717, 1.165) is 0 Å². The molecular formula is C13H21NO3S. The summed E-state index contributed by atoms with van der Waals surface area (Å²) in [5.41, 5.74) is 0.654. The predicted molar refractivity (Wildman–Crippen MR) is 74.3 cm³/mol. The summed E-state index contributed by atoms with van der Waals surface area (Å²) in [5.74, 6) is -0.0441. The highest BCUT2D eigenvalue weighted by Crippen LogP contribution is 2.12. The Morgan fingerprint density at radius 2 is 1.78 bits per heavy atom. The van der Waals surface area contributed by atoms with E-state index in [2.05, 4.69) is 5.32 Å². The van der Waals surface area contributed by atoms with Crippen molar-refractivity contribution >= 4 is 9.84 Å². The lowest BCUT2D eigenvalue weighted by Gasteiger charge is -2.04. The minimum Gasteiger partial charge on any atom is -0.392 e. The van der Waals surface area contributed by atoms with Gasteiger partial charge in [-0.2, -0.15) is 0 Å². The van der Waals surface area contributed by atoms with Gasteiger partial charge in [0.05, 0.1) is 17.3 Å². The van der Waals surface area contributed by atoms with E-state index in [-0.39, 0.29) is 12.4 Å². The number of nitrogens with one attached hydrogen (secondary N) is 1. The SMILES string of the molecule is CC(=CCO)CS(=O)(=O)c1ccccc1.CNC. The first-order chi connectivity index (χ1) is 8.47. The van der Waals surface area contributed by atoms with Crippen molar-refractivity contribution in [3.8, 4) is 0 Å². The molecular weight excluding hydrogens is 250 g/mol. The van der Waals surface area contributed by atoms with Gasteiger partial charge >= 0.3 is 0 Å². The average molecular weight is 271 g/mol. The summed E-state index contributed by atoms with van der Waals surface area (Å²) in [7, 11) is 0.489. The van der Waals surface area contributed by atoms with E-state index in [1.165, 1.54) is 6.08 Å². The molecule has 4 nitrogen and oxygen atoms in total. The molecule has 1 rings (SSSR count). The molecule has 1 aromatic carbocycles. The molecule has 0 amide bonds. The Hall–Kier alpha value is -1.17. The van der Waals surface area contributed by atoms with Crippen molar-refractivity contribution in [3.05, 3.63) is 42.0 Å². The van der Waals surface area contributed by atoms with E-state index in [0.29, 0.717) is 10.5 Å². The van der Waals surface area contributed by atoms with E-state index < -0.39 is 9.84 Å². The fraction of sp³-hybridized carbons (Fsp3) is 0.385. The van der Waals surface area contributed by atoms with E-state index in [1.54, 1.807) is 37.3 Å². The molecule has 18 heavy (non-hydrogen) atoms. The molecule has 0 aliphatic heterocycles. The topological polar surface area (TPSA) is 66.4 Å². The molecule has 102 valence electrons. The zero-order chi connectivity index (χ0) is 14.0. The lowest BCUT2D eigenvalue weighted by atomic mass is 10.3. The van der Waals surface area contributed by atoms with Gasteiger partial charge in [0.15, 0.2) is 9.84 Å². The summed E-state index contributed by atoms with van der Waals surface area (Å²) in [4.78, 5) is 0.315. The molecule has 2 N–H and O–H groups in total. The Labute approximate surface area is 109 Å². The minimum atomic E-state index is -3.26. The number of aliphatic hydroxyl groups is 1. The molecule has 0 saturated heterocycles. The van der Waals surface area contributed by atoms with Crippen molar-refractivity contribution in [1.29, 1.82) is 0 Å². The second-order valence-electron chi connectivity index (χ2n) is 3.81. The van der Waals surface area contributed by atoms with Gasteiger partial charge in [-0.25, -0.2) is 8.42 Å². The minimum absolute atomic E-state index is 0.0441. The number of hydrogen-bond donors (Lipinski definition) is 2. The first kappa shape index (κ1) is 16.8. The third kappa shape index (κ3) is 6.54. The smallest absolute Gasteiger partial charge is 0.182 e. The fourth-order valence-electron chi connectivity index (χ4n) is 1.23. The van der Waals surface area contributed by atoms with Gasteiger partial charge in [-0.05, 0) is 33.2 Å². The van der Waals surface area contributed by atoms with Crippen LogP contribution >= 0.6 is 0 Å². The van der Waals surface area contributed by atoms with Gasteiger partial charge in [0, 0.05) is 0 Å². The van der Waals surface area contributed by atoms with Crippen LogP contribution in [0.25, 0.3) is 0 Å². The zero-order valence-corrected chi connectivity index (χ0v) is 11.9. The van der Waals surface area contributed by atoms with E-state index in [4.69, 9.17) is 5.11 Å². The number of benzene rings is 1. The van der Waals surface area contributed by atoms with E-state index in [1.807, 2.05) is 14.1 Å². The molecule has 0 bridgehead atoms. The summed E-state index contributed by atoms with van der Waals surface area (Å²) in [6.45, 7) is 1.56. The van der Waals surface area contributed by atoms with Gasteiger partial charge in [0.2, 0.25) is 0 Å². The van der Waals surface area contributed by atoms with Crippen LogP contribution in [0.5, 0.6) is 0 Å². The van der Waals surface area contributed by atoms with Gasteiger partial charge < -0.3 is 10.4 Å². The molecule has 0 heterocycles. The molecule has 0 radical (unpaired) electrons. The molecule has 0 saturated carbocycles. The van der Waals surface area contributed by atoms with Crippen LogP contribution < -0.4 is 5.32 Å². The monoisotopic (exact) mass is 271 g/mol. The van der Waals surface area contributed by atoms with Crippen LogP contribution in [0, 0.1) is 0 Å². The first-order valence-corrected chi connectivity index (χ1v) is 7.26. The maximum Gasteiger partial charge on any atom is 0.182 e. The van der Waals surface area contributed by atoms with Crippen molar-refractivity contribution in [2.24, 2.45) is 0 Å². The summed E-state index contributed by atoms with van der Waals surface area (Å²) in [5, 5.41) is 11.4. The largest absolute Gasteiger partial charge is 0.392 e. The van der Waals surface area contributed by atoms with Gasteiger partial charge in [-0.3, -0.25) is 0 Å². The number of hydrogen-bond acceptors (Lipinski definition) is 4. The van der Waals surface area contributed by atoms with Crippen LogP contribution in [0.2, 0.25) is 0 Å². The Balaban J connectivity index is 0.000000873. The van der Waals surface area contributed by atoms with Crippen LogP contribution in [0.4, 0.5) is 0 Å². The highest BCUT2D eigenvalue weighted by molar-refractivity contribution is 7.91. The van der Waals surface area contributed by atoms with Crippen LogP contribution in [-0.4, -0.2) is 40.0 Å². The van der Waals surface area contributed by atoms with Gasteiger partial charge in [-0.15, -0.1) is 0 Å². The highest BCUT2D eigenvalue weighted by atomic mass is 32.2. The molecule has 0 fully saturated rings. The molecule has 0 aliphatic carbocycles. The molecule has 0 atom stereocenters. The fourth-order valence-corrected chi connectivity index (χ4v) is 2.68. The Kier molecular flexibility index (Phi) is 8.28. The quantitative estimate of drug-likeness (QED) is 0.809. The van der Waals surface area contributed by atoms with Crippen LogP contribution in [0.1, 0.15) is 6.92 Å². The summed E-state index contributed by atoms with van der Waals surface area (Å²) in [6.07, 6.45) is 1.50. The Morgan fingerprint density at radius 1 is 1.28 bits per heavy atom. The van der Waals surface area contributed by atoms with Crippen molar-refractivity contribution in [3.63, 3.8) is 0 Å². The molecule has 0 aliphatic rings. The van der Waals surface area contributed by atoms with Crippen molar-refractivity contribution in [2.75, 3.05) is 26.5 Å². The lowest BCUT2D eigenvalue weighted by molar-refractivity contribution is 0.342. The van der Waals surface area contributed by atoms with Crippen molar-refractivity contribution in [1.82, 2.24) is 5.32 Å². The van der Waals surface area contributed by atoms with Crippen LogP contribution in [0.15, 0.2) is 46.9 Å². The average Bonchev–Trinajstić information content (AvgIpc) is 2.31. The molecule has 0 unspecified atom stereocenters. The number of aliphatic hydroxyl groups excluding tert-OH is 1. The predicted octanol–water partition coefficient (Wildman–Crippen LogP) is 1.23. The van der Waals surface area contributed by atoms with Crippen molar-refractivity contribution in [2.45, 2.75) is 11.8 Å². The normalized spacial score (nSPS) is 11.7. The summed E-state index contributed by atoms with van der Waals surface area (Å²) in [6, 6.07) is 8.30. The standard InChI is InChI=1S/C11H14O3S.C2H7N/c1-10(7-8-12)9-15(13,14)11-5-3-2-4-6-11;1-3-2/h2-7,12H,8-9H2,1H3;3H,1-2H3. The summed E-state index contributed by atoms with van der Waals surface area (Å²) >= 11 is 0. The third-order valence-electron chi connectivity index (χ3n) is 1.96. The highest BCUT2D eigenvalue weighted by Gasteiger charge is 2.13. The van der Waals surface area contributed by atoms with Gasteiger partial charge in [0.1, 0.15) is 0 Å². The lowest BCUT2D eigenvalue weighted by Crippen LogP contribution is -2.07. The summed E-state index contributed by atoms with van der Waals surface area (Å²) < 4.78 is 23.6. The maximum atomic E-state index is 11.8. The van der Waals surface area contributed by atoms with Gasteiger partial charge in [0.25, 0.3) is 0 Å². The van der Waals surface area contributed by atoms with Crippen molar-refractivity contribution < 1.29 is 13.5 Å². The maximum absolute atomic E-state index is 11.8. The van der Waals surface area contributed by atoms with Crippen LogP contribution in [0.3, 0.4) is 0 Å². The molecule has 0 aromatic heterocycles. The Morgan fingerprint density at radius 3 is 2.22 bits per heavy atom. The molecule has 0 spiro atoms. The van der Waals surface area contributed by atoms with Crippen LogP contribution in [-0.2, 0) is 9.84 Å². The first-order valence-electron chi connectivity index (χ1n) is 5.60.